The van der Waals surface area contributed by atoms with Gasteiger partial charge in [-0.05, 0) is 58.8 Å². The summed E-state index contributed by atoms with van der Waals surface area (Å²) >= 11 is 1.40. The summed E-state index contributed by atoms with van der Waals surface area (Å²) < 4.78 is 8.03. The maximum Gasteiger partial charge on any atom is 0.240 e. The zero-order chi connectivity index (χ0) is 27.6. The number of hydrogen-bond donors (Lipinski definition) is 1. The van der Waals surface area contributed by atoms with E-state index in [0.29, 0.717) is 28.9 Å². The van der Waals surface area contributed by atoms with Gasteiger partial charge in [0, 0.05) is 18.5 Å². The molecule has 5 rings (SSSR count). The highest BCUT2D eigenvalue weighted by molar-refractivity contribution is 7.99. The summed E-state index contributed by atoms with van der Waals surface area (Å²) in [5, 5.41) is 16.9. The monoisotopic (exact) mass is 551 g/mol. The summed E-state index contributed by atoms with van der Waals surface area (Å²) in [4.78, 5) is 12.0. The Bertz CT molecular complexity index is 1570. The summed E-state index contributed by atoms with van der Waals surface area (Å²) in [5.74, 6) is 1.31. The van der Waals surface area contributed by atoms with Crippen molar-refractivity contribution in [2.45, 2.75) is 62.1 Å². The first-order chi connectivity index (χ1) is 19.7. The maximum atomic E-state index is 12.0. The number of amides is 1. The van der Waals surface area contributed by atoms with Crippen LogP contribution in [0.3, 0.4) is 0 Å². The Morgan fingerprint density at radius 3 is 2.60 bits per heavy atom. The average Bonchev–Trinajstić information content (AvgIpc) is 3.60. The SMILES string of the molecule is CCCCCCCC(=O)N/N=C\c1ccc(Sc2nnc(Cc3cccc4ccccc34)n2-c2ccccc2)o1. The van der Waals surface area contributed by atoms with Gasteiger partial charge in [0.1, 0.15) is 11.6 Å². The maximum absolute atomic E-state index is 12.0. The standard InChI is InChI=1S/C32H33N5O2S/c1-2-3-4-5-9-19-30(38)35-33-23-27-20-21-31(39-27)40-32-36-34-29(37(32)26-16-7-6-8-17-26)22-25-15-12-14-24-13-10-11-18-28(24)25/h6-8,10-18,20-21,23H,2-5,9,19,22H2,1H3,(H,35,38)/b33-23-. The number of para-hydroxylation sites is 1. The number of benzene rings is 3. The molecule has 0 bridgehead atoms. The predicted octanol–water partition coefficient (Wildman–Crippen LogP) is 7.57. The molecule has 0 aliphatic heterocycles. The van der Waals surface area contributed by atoms with Gasteiger partial charge >= 0.3 is 0 Å². The van der Waals surface area contributed by atoms with Crippen molar-refractivity contribution in [1.29, 1.82) is 0 Å². The number of carbonyl (C=O) groups excluding carboxylic acids is 1. The Labute approximate surface area is 238 Å². The zero-order valence-electron chi connectivity index (χ0n) is 22.6. The van der Waals surface area contributed by atoms with Gasteiger partial charge in [-0.25, -0.2) is 5.43 Å². The molecular weight excluding hydrogens is 518 g/mol. The van der Waals surface area contributed by atoms with Gasteiger partial charge in [-0.3, -0.25) is 9.36 Å². The molecule has 0 atom stereocenters. The quantitative estimate of drug-likeness (QED) is 0.0927. The van der Waals surface area contributed by atoms with Crippen molar-refractivity contribution in [3.8, 4) is 5.69 Å². The smallest absolute Gasteiger partial charge is 0.240 e. The molecule has 204 valence electrons. The first-order valence-corrected chi connectivity index (χ1v) is 14.6. The van der Waals surface area contributed by atoms with E-state index in [1.807, 2.05) is 42.5 Å². The lowest BCUT2D eigenvalue weighted by Gasteiger charge is -2.11. The van der Waals surface area contributed by atoms with Gasteiger partial charge in [-0.2, -0.15) is 5.10 Å². The van der Waals surface area contributed by atoms with E-state index in [1.165, 1.54) is 53.6 Å². The van der Waals surface area contributed by atoms with E-state index in [9.17, 15) is 4.79 Å². The number of rotatable bonds is 13. The molecule has 8 heteroatoms. The molecular formula is C32H33N5O2S. The van der Waals surface area contributed by atoms with Crippen molar-refractivity contribution in [3.63, 3.8) is 0 Å². The number of unbranched alkanes of at least 4 members (excludes halogenated alkanes) is 4. The molecule has 0 saturated heterocycles. The number of nitrogens with one attached hydrogen (secondary N) is 1. The second kappa shape index (κ2) is 13.8. The highest BCUT2D eigenvalue weighted by Crippen LogP contribution is 2.31. The zero-order valence-corrected chi connectivity index (χ0v) is 23.4. The number of furan rings is 1. The predicted molar refractivity (Wildman–Crippen MR) is 160 cm³/mol. The fourth-order valence-corrected chi connectivity index (χ4v) is 5.43. The Kier molecular flexibility index (Phi) is 9.42. The summed E-state index contributed by atoms with van der Waals surface area (Å²) in [7, 11) is 0. The van der Waals surface area contributed by atoms with Gasteiger partial charge in [-0.15, -0.1) is 10.2 Å². The van der Waals surface area contributed by atoms with Crippen molar-refractivity contribution >= 4 is 34.7 Å². The topological polar surface area (TPSA) is 85.3 Å². The van der Waals surface area contributed by atoms with Crippen molar-refractivity contribution in [2.75, 3.05) is 0 Å². The highest BCUT2D eigenvalue weighted by atomic mass is 32.2. The summed E-state index contributed by atoms with van der Waals surface area (Å²) in [6, 6.07) is 28.5. The van der Waals surface area contributed by atoms with E-state index in [-0.39, 0.29) is 5.91 Å². The van der Waals surface area contributed by atoms with E-state index in [2.05, 4.69) is 74.7 Å². The summed E-state index contributed by atoms with van der Waals surface area (Å²) in [6.07, 6.45) is 8.17. The average molecular weight is 552 g/mol. The largest absolute Gasteiger partial charge is 0.448 e. The molecule has 0 radical (unpaired) electrons. The fourth-order valence-electron chi connectivity index (χ4n) is 4.60. The lowest BCUT2D eigenvalue weighted by atomic mass is 10.0. The molecule has 7 nitrogen and oxygen atoms in total. The van der Waals surface area contributed by atoms with Gasteiger partial charge < -0.3 is 4.42 Å². The number of fused-ring (bicyclic) bond motifs is 1. The third-order valence-corrected chi connectivity index (χ3v) is 7.49. The Morgan fingerprint density at radius 2 is 1.73 bits per heavy atom. The van der Waals surface area contributed by atoms with Gasteiger partial charge in [0.15, 0.2) is 5.09 Å². The van der Waals surface area contributed by atoms with Crippen LogP contribution in [0.25, 0.3) is 16.5 Å². The summed E-state index contributed by atoms with van der Waals surface area (Å²) in [6.45, 7) is 2.18. The molecule has 3 aromatic carbocycles. The van der Waals surface area contributed by atoms with Crippen LogP contribution in [-0.2, 0) is 11.2 Å². The molecule has 0 aliphatic carbocycles. The van der Waals surface area contributed by atoms with Crippen molar-refractivity contribution < 1.29 is 9.21 Å². The number of hydrogen-bond acceptors (Lipinski definition) is 6. The van der Waals surface area contributed by atoms with E-state index < -0.39 is 0 Å². The van der Waals surface area contributed by atoms with E-state index in [1.54, 1.807) is 0 Å². The van der Waals surface area contributed by atoms with Crippen LogP contribution in [0, 0.1) is 0 Å². The lowest BCUT2D eigenvalue weighted by molar-refractivity contribution is -0.121. The van der Waals surface area contributed by atoms with Crippen LogP contribution < -0.4 is 5.43 Å². The number of carbonyl (C=O) groups is 1. The van der Waals surface area contributed by atoms with E-state index in [0.717, 1.165) is 24.4 Å². The Balaban J connectivity index is 1.29. The van der Waals surface area contributed by atoms with Crippen LogP contribution in [0.4, 0.5) is 0 Å². The minimum Gasteiger partial charge on any atom is -0.448 e. The van der Waals surface area contributed by atoms with Gasteiger partial charge in [-0.1, -0.05) is 93.3 Å². The molecule has 0 aliphatic rings. The molecule has 1 amide bonds. The highest BCUT2D eigenvalue weighted by Gasteiger charge is 2.18. The van der Waals surface area contributed by atoms with Crippen molar-refractivity contribution in [3.05, 3.63) is 102 Å². The molecule has 40 heavy (non-hydrogen) atoms. The number of hydrazone groups is 1. The molecule has 2 aromatic heterocycles. The molecule has 5 aromatic rings. The van der Waals surface area contributed by atoms with E-state index >= 15 is 0 Å². The van der Waals surface area contributed by atoms with Gasteiger partial charge in [0.2, 0.25) is 11.1 Å². The van der Waals surface area contributed by atoms with Gasteiger partial charge in [0.25, 0.3) is 0 Å². The van der Waals surface area contributed by atoms with Crippen LogP contribution in [0.2, 0.25) is 0 Å². The van der Waals surface area contributed by atoms with Gasteiger partial charge in [0.05, 0.1) is 6.21 Å². The number of aromatic nitrogens is 3. The molecule has 2 heterocycles. The third-order valence-electron chi connectivity index (χ3n) is 6.63. The third kappa shape index (κ3) is 7.07. The molecule has 1 N–H and O–H groups in total. The fraction of sp³-hybridized carbons (Fsp3) is 0.250. The van der Waals surface area contributed by atoms with Crippen molar-refractivity contribution in [2.24, 2.45) is 5.10 Å². The van der Waals surface area contributed by atoms with Crippen LogP contribution in [0.15, 0.2) is 105 Å². The van der Waals surface area contributed by atoms with Crippen LogP contribution in [0.1, 0.15) is 62.6 Å². The van der Waals surface area contributed by atoms with Crippen LogP contribution in [0.5, 0.6) is 0 Å². The number of nitrogens with zero attached hydrogens (tertiary/aromatic N) is 4. The minimum absolute atomic E-state index is 0.0800. The first kappa shape index (κ1) is 27.4. The first-order valence-electron chi connectivity index (χ1n) is 13.8. The van der Waals surface area contributed by atoms with Crippen LogP contribution in [-0.4, -0.2) is 26.9 Å². The van der Waals surface area contributed by atoms with Crippen molar-refractivity contribution in [1.82, 2.24) is 20.2 Å². The second-order valence-corrected chi connectivity index (χ2v) is 10.6. The molecule has 0 fully saturated rings. The van der Waals surface area contributed by atoms with Crippen LogP contribution >= 0.6 is 11.8 Å². The minimum atomic E-state index is -0.0800. The molecule has 0 saturated carbocycles. The normalized spacial score (nSPS) is 11.4. The van der Waals surface area contributed by atoms with E-state index in [4.69, 9.17) is 4.42 Å². The molecule has 0 unspecified atom stereocenters. The Hall–Kier alpha value is -4.17. The lowest BCUT2D eigenvalue weighted by Crippen LogP contribution is -2.16. The second-order valence-electron chi connectivity index (χ2n) is 9.60. The molecule has 0 spiro atoms. The Morgan fingerprint density at radius 1 is 0.925 bits per heavy atom. The summed E-state index contributed by atoms with van der Waals surface area (Å²) in [5.41, 5.74) is 4.76.